The number of nitrogens with one attached hydrogen (secondary N) is 1. The molecule has 1 N–H and O–H groups in total. The number of amides is 1. The van der Waals surface area contributed by atoms with Crippen molar-refractivity contribution in [2.24, 2.45) is 5.92 Å². The Morgan fingerprint density at radius 3 is 2.75 bits per heavy atom. The molecule has 1 heterocycles. The molecule has 20 heavy (non-hydrogen) atoms. The van der Waals surface area contributed by atoms with Crippen LogP contribution < -0.4 is 5.32 Å². The highest BCUT2D eigenvalue weighted by molar-refractivity contribution is 14.1. The molecule has 1 aliphatic rings. The fourth-order valence-corrected chi connectivity index (χ4v) is 3.06. The van der Waals surface area contributed by atoms with Crippen LogP contribution in [0.25, 0.3) is 0 Å². The van der Waals surface area contributed by atoms with E-state index < -0.39 is 0 Å². The van der Waals surface area contributed by atoms with Crippen LogP contribution >= 0.6 is 34.2 Å². The van der Waals surface area contributed by atoms with E-state index in [9.17, 15) is 4.79 Å². The summed E-state index contributed by atoms with van der Waals surface area (Å²) in [5.74, 6) is 0.698. The van der Waals surface area contributed by atoms with Gasteiger partial charge in [0, 0.05) is 22.2 Å². The highest BCUT2D eigenvalue weighted by atomic mass is 127. The van der Waals surface area contributed by atoms with Crippen molar-refractivity contribution in [2.45, 2.75) is 19.8 Å². The molecule has 0 atom stereocenters. The summed E-state index contributed by atoms with van der Waals surface area (Å²) in [7, 11) is 0. The van der Waals surface area contributed by atoms with Crippen molar-refractivity contribution < 1.29 is 4.79 Å². The number of hydrogen-bond acceptors (Lipinski definition) is 2. The standard InChI is InChI=1S/C15H20ClIN2O/c1-2-19(10-11-5-7-18-8-6-11)15(20)12-3-4-14(17)13(16)9-12/h3-4,9,11,18H,2,5-8,10H2,1H3. The third-order valence-electron chi connectivity index (χ3n) is 3.77. The molecule has 1 fully saturated rings. The van der Waals surface area contributed by atoms with E-state index in [1.807, 2.05) is 24.0 Å². The van der Waals surface area contributed by atoms with Crippen molar-refractivity contribution in [2.75, 3.05) is 26.2 Å². The molecule has 1 saturated heterocycles. The Labute approximate surface area is 139 Å². The Balaban J connectivity index is 2.05. The van der Waals surface area contributed by atoms with Gasteiger partial charge in [0.15, 0.2) is 0 Å². The van der Waals surface area contributed by atoms with E-state index in [0.717, 1.165) is 42.6 Å². The maximum atomic E-state index is 12.6. The lowest BCUT2D eigenvalue weighted by Crippen LogP contribution is -2.39. The normalized spacial score (nSPS) is 16.1. The Bertz CT molecular complexity index is 475. The fourth-order valence-electron chi connectivity index (χ4n) is 2.54. The second-order valence-corrected chi connectivity index (χ2v) is 6.74. The summed E-state index contributed by atoms with van der Waals surface area (Å²) in [6, 6.07) is 5.53. The van der Waals surface area contributed by atoms with E-state index in [2.05, 4.69) is 27.9 Å². The zero-order valence-electron chi connectivity index (χ0n) is 11.7. The molecule has 0 spiro atoms. The minimum absolute atomic E-state index is 0.0873. The fraction of sp³-hybridized carbons (Fsp3) is 0.533. The van der Waals surface area contributed by atoms with Crippen LogP contribution in [-0.2, 0) is 0 Å². The number of carbonyl (C=O) groups excluding carboxylic acids is 1. The van der Waals surface area contributed by atoms with Gasteiger partial charge in [-0.25, -0.2) is 0 Å². The predicted molar refractivity (Wildman–Crippen MR) is 91.3 cm³/mol. The highest BCUT2D eigenvalue weighted by Gasteiger charge is 2.21. The summed E-state index contributed by atoms with van der Waals surface area (Å²) in [5.41, 5.74) is 0.686. The molecule has 0 aromatic heterocycles. The first-order valence-corrected chi connectivity index (χ1v) is 8.52. The average Bonchev–Trinajstić information content (AvgIpc) is 2.48. The van der Waals surface area contributed by atoms with Crippen LogP contribution in [-0.4, -0.2) is 37.0 Å². The summed E-state index contributed by atoms with van der Waals surface area (Å²) in [6.45, 7) is 5.75. The first kappa shape index (κ1) is 16.0. The molecule has 0 radical (unpaired) electrons. The molecular formula is C15H20ClIN2O. The molecule has 1 aromatic carbocycles. The van der Waals surface area contributed by atoms with E-state index >= 15 is 0 Å². The Hall–Kier alpha value is -0.330. The number of nitrogens with zero attached hydrogens (tertiary/aromatic N) is 1. The molecule has 0 aliphatic carbocycles. The van der Waals surface area contributed by atoms with E-state index in [0.29, 0.717) is 16.5 Å². The van der Waals surface area contributed by atoms with Crippen LogP contribution in [0, 0.1) is 9.49 Å². The van der Waals surface area contributed by atoms with E-state index in [4.69, 9.17) is 11.6 Å². The second kappa shape index (κ2) is 7.61. The van der Waals surface area contributed by atoms with Gasteiger partial charge in [-0.3, -0.25) is 4.79 Å². The Morgan fingerprint density at radius 1 is 1.45 bits per heavy atom. The third-order valence-corrected chi connectivity index (χ3v) is 5.35. The van der Waals surface area contributed by atoms with Gasteiger partial charge < -0.3 is 10.2 Å². The molecule has 1 aliphatic heterocycles. The molecule has 3 nitrogen and oxygen atoms in total. The molecule has 5 heteroatoms. The van der Waals surface area contributed by atoms with Gasteiger partial charge in [-0.2, -0.15) is 0 Å². The Morgan fingerprint density at radius 2 is 2.15 bits per heavy atom. The molecule has 110 valence electrons. The molecule has 1 aromatic rings. The highest BCUT2D eigenvalue weighted by Crippen LogP contribution is 2.21. The first-order valence-electron chi connectivity index (χ1n) is 7.07. The van der Waals surface area contributed by atoms with Crippen LogP contribution in [0.15, 0.2) is 18.2 Å². The van der Waals surface area contributed by atoms with Crippen LogP contribution in [0.5, 0.6) is 0 Å². The SMILES string of the molecule is CCN(CC1CCNCC1)C(=O)c1ccc(I)c(Cl)c1. The summed E-state index contributed by atoms with van der Waals surface area (Å²) in [6.07, 6.45) is 2.30. The van der Waals surface area contributed by atoms with Gasteiger partial charge >= 0.3 is 0 Å². The zero-order chi connectivity index (χ0) is 14.5. The maximum absolute atomic E-state index is 12.6. The lowest BCUT2D eigenvalue weighted by Gasteiger charge is -2.29. The van der Waals surface area contributed by atoms with Gasteiger partial charge in [-0.15, -0.1) is 0 Å². The maximum Gasteiger partial charge on any atom is 0.253 e. The second-order valence-electron chi connectivity index (χ2n) is 5.17. The van der Waals surface area contributed by atoms with Crippen molar-refractivity contribution >= 4 is 40.1 Å². The number of hydrogen-bond donors (Lipinski definition) is 1. The first-order chi connectivity index (χ1) is 9.61. The van der Waals surface area contributed by atoms with Crippen molar-refractivity contribution in [3.63, 3.8) is 0 Å². The largest absolute Gasteiger partial charge is 0.339 e. The van der Waals surface area contributed by atoms with Crippen LogP contribution in [0.4, 0.5) is 0 Å². The van der Waals surface area contributed by atoms with E-state index in [1.54, 1.807) is 6.07 Å². The summed E-state index contributed by atoms with van der Waals surface area (Å²) < 4.78 is 0.974. The molecule has 0 bridgehead atoms. The monoisotopic (exact) mass is 406 g/mol. The predicted octanol–water partition coefficient (Wildman–Crippen LogP) is 3.41. The number of rotatable bonds is 4. The number of carbonyl (C=O) groups is 1. The van der Waals surface area contributed by atoms with Crippen LogP contribution in [0.2, 0.25) is 5.02 Å². The lowest BCUT2D eigenvalue weighted by atomic mass is 9.97. The minimum Gasteiger partial charge on any atom is -0.339 e. The Kier molecular flexibility index (Phi) is 6.11. The van der Waals surface area contributed by atoms with E-state index in [1.165, 1.54) is 0 Å². The molecule has 2 rings (SSSR count). The van der Waals surface area contributed by atoms with Gasteiger partial charge in [-0.1, -0.05) is 11.6 Å². The van der Waals surface area contributed by atoms with Crippen LogP contribution in [0.3, 0.4) is 0 Å². The topological polar surface area (TPSA) is 32.3 Å². The molecule has 0 unspecified atom stereocenters. The number of benzene rings is 1. The zero-order valence-corrected chi connectivity index (χ0v) is 14.6. The van der Waals surface area contributed by atoms with Crippen molar-refractivity contribution in [1.82, 2.24) is 10.2 Å². The van der Waals surface area contributed by atoms with Gasteiger partial charge in [0.05, 0.1) is 5.02 Å². The number of piperidine rings is 1. The van der Waals surface area contributed by atoms with Crippen molar-refractivity contribution in [1.29, 1.82) is 0 Å². The quantitative estimate of drug-likeness (QED) is 0.777. The van der Waals surface area contributed by atoms with Gasteiger partial charge in [0.1, 0.15) is 0 Å². The summed E-state index contributed by atoms with van der Waals surface area (Å²) >= 11 is 8.28. The van der Waals surface area contributed by atoms with Crippen LogP contribution in [0.1, 0.15) is 30.1 Å². The third kappa shape index (κ3) is 4.09. The minimum atomic E-state index is 0.0873. The van der Waals surface area contributed by atoms with Gasteiger partial charge in [0.25, 0.3) is 5.91 Å². The van der Waals surface area contributed by atoms with E-state index in [-0.39, 0.29) is 5.91 Å². The molecule has 1 amide bonds. The average molecular weight is 407 g/mol. The van der Waals surface area contributed by atoms with Crippen molar-refractivity contribution in [3.05, 3.63) is 32.4 Å². The molecular weight excluding hydrogens is 387 g/mol. The number of halogens is 2. The van der Waals surface area contributed by atoms with Gasteiger partial charge in [0.2, 0.25) is 0 Å². The molecule has 0 saturated carbocycles. The van der Waals surface area contributed by atoms with Crippen molar-refractivity contribution in [3.8, 4) is 0 Å². The lowest BCUT2D eigenvalue weighted by molar-refractivity contribution is 0.0727. The van der Waals surface area contributed by atoms with Gasteiger partial charge in [-0.05, 0) is 79.6 Å². The summed E-state index contributed by atoms with van der Waals surface area (Å²) in [5, 5.41) is 4.01. The smallest absolute Gasteiger partial charge is 0.253 e. The summed E-state index contributed by atoms with van der Waals surface area (Å²) in [4.78, 5) is 14.5.